The molecule has 0 saturated carbocycles. The number of rotatable bonds is 15. The number of carboxylic acids is 3. The number of aliphatic carboxylic acids is 3. The van der Waals surface area contributed by atoms with Crippen LogP contribution < -0.4 is 22.5 Å². The molecular formula is C22H37N5O6. The number of benzene rings is 1. The minimum absolute atomic E-state index is 0.0129. The van der Waals surface area contributed by atoms with Crippen molar-refractivity contribution >= 4 is 23.9 Å². The second-order valence-corrected chi connectivity index (χ2v) is 7.49. The van der Waals surface area contributed by atoms with Crippen molar-refractivity contribution in [2.75, 3.05) is 13.1 Å². The Hall–Kier alpha value is -3.18. The Morgan fingerprint density at radius 2 is 1.55 bits per heavy atom. The zero-order chi connectivity index (χ0) is 25.2. The van der Waals surface area contributed by atoms with Crippen LogP contribution in [0.5, 0.6) is 0 Å². The molecule has 2 atom stereocenters. The van der Waals surface area contributed by atoms with Gasteiger partial charge in [0.2, 0.25) is 0 Å². The first kappa shape index (κ1) is 29.8. The Bertz CT molecular complexity index is 750. The van der Waals surface area contributed by atoms with Crippen LogP contribution >= 0.6 is 0 Å². The van der Waals surface area contributed by atoms with E-state index in [0.717, 1.165) is 18.4 Å². The molecule has 0 spiro atoms. The van der Waals surface area contributed by atoms with Crippen LogP contribution in [-0.2, 0) is 27.2 Å². The summed E-state index contributed by atoms with van der Waals surface area (Å²) in [4.78, 5) is 35.5. The van der Waals surface area contributed by atoms with Crippen molar-refractivity contribution in [2.45, 2.75) is 64.0 Å². The highest BCUT2D eigenvalue weighted by Crippen LogP contribution is 2.10. The van der Waals surface area contributed by atoms with Crippen LogP contribution in [0.2, 0.25) is 0 Å². The Labute approximate surface area is 194 Å². The van der Waals surface area contributed by atoms with E-state index in [1.165, 1.54) is 5.56 Å². The van der Waals surface area contributed by atoms with Crippen LogP contribution in [0.25, 0.3) is 0 Å². The van der Waals surface area contributed by atoms with Crippen LogP contribution in [0.1, 0.15) is 50.2 Å². The maximum Gasteiger partial charge on any atom is 0.320 e. The van der Waals surface area contributed by atoms with E-state index in [1.807, 2.05) is 12.1 Å². The monoisotopic (exact) mass is 467 g/mol. The summed E-state index contributed by atoms with van der Waals surface area (Å²) in [6.07, 6.45) is 4.14. The van der Waals surface area contributed by atoms with Crippen molar-refractivity contribution < 1.29 is 29.7 Å². The smallest absolute Gasteiger partial charge is 0.320 e. The van der Waals surface area contributed by atoms with Crippen LogP contribution in [0, 0.1) is 0 Å². The third-order valence-corrected chi connectivity index (χ3v) is 4.60. The highest BCUT2D eigenvalue weighted by Gasteiger charge is 2.16. The molecule has 0 saturated heterocycles. The second kappa shape index (κ2) is 17.4. The Balaban J connectivity index is 0.000000728. The zero-order valence-corrected chi connectivity index (χ0v) is 19.1. The van der Waals surface area contributed by atoms with E-state index in [9.17, 15) is 14.4 Å². The highest BCUT2D eigenvalue weighted by atomic mass is 16.4. The largest absolute Gasteiger partial charge is 0.481 e. The molecule has 33 heavy (non-hydrogen) atoms. The maximum absolute atomic E-state index is 11.1. The summed E-state index contributed by atoms with van der Waals surface area (Å²) in [6.45, 7) is 2.72. The molecule has 0 bridgehead atoms. The topological polar surface area (TPSA) is 214 Å². The number of nitrogens with one attached hydrogen (secondary N) is 1. The van der Waals surface area contributed by atoms with Gasteiger partial charge in [0, 0.05) is 13.1 Å². The molecule has 10 N–H and O–H groups in total. The second-order valence-electron chi connectivity index (χ2n) is 7.49. The fraction of sp³-hybridized carbons (Fsp3) is 0.545. The number of aliphatic imine (C=N–C) groups is 1. The molecule has 0 amide bonds. The lowest BCUT2D eigenvalue weighted by Gasteiger charge is -2.13. The van der Waals surface area contributed by atoms with Crippen molar-refractivity contribution in [3.8, 4) is 0 Å². The number of guanidine groups is 1. The molecule has 0 radical (unpaired) electrons. The third-order valence-electron chi connectivity index (χ3n) is 4.60. The lowest BCUT2D eigenvalue weighted by molar-refractivity contribution is -0.141. The fourth-order valence-corrected chi connectivity index (χ4v) is 2.78. The summed E-state index contributed by atoms with van der Waals surface area (Å²) in [5, 5.41) is 28.8. The molecule has 0 heterocycles. The van der Waals surface area contributed by atoms with E-state index in [0.29, 0.717) is 32.2 Å². The molecule has 0 unspecified atom stereocenters. The van der Waals surface area contributed by atoms with Gasteiger partial charge in [-0.25, -0.2) is 0 Å². The molecule has 11 heteroatoms. The summed E-state index contributed by atoms with van der Waals surface area (Å²) in [5.74, 6) is -2.86. The van der Waals surface area contributed by atoms with Crippen LogP contribution in [-0.4, -0.2) is 64.4 Å². The van der Waals surface area contributed by atoms with Gasteiger partial charge < -0.3 is 37.8 Å². The van der Waals surface area contributed by atoms with Gasteiger partial charge in [-0.15, -0.1) is 0 Å². The van der Waals surface area contributed by atoms with Crippen LogP contribution in [0.3, 0.4) is 0 Å². The van der Waals surface area contributed by atoms with Crippen molar-refractivity contribution in [1.29, 1.82) is 0 Å². The summed E-state index contributed by atoms with van der Waals surface area (Å²) >= 11 is 0. The lowest BCUT2D eigenvalue weighted by atomic mass is 10.0. The van der Waals surface area contributed by atoms with Gasteiger partial charge in [-0.2, -0.15) is 0 Å². The maximum atomic E-state index is 11.1. The molecule has 0 aliphatic carbocycles. The fourth-order valence-electron chi connectivity index (χ4n) is 2.78. The highest BCUT2D eigenvalue weighted by molar-refractivity contribution is 5.75. The number of aryl methyl sites for hydroxylation is 2. The Morgan fingerprint density at radius 3 is 2.00 bits per heavy atom. The van der Waals surface area contributed by atoms with Gasteiger partial charge >= 0.3 is 17.9 Å². The number of carboxylic acid groups (broad SMARTS) is 3. The normalized spacial score (nSPS) is 12.1. The predicted molar refractivity (Wildman–Crippen MR) is 126 cm³/mol. The predicted octanol–water partition coefficient (Wildman–Crippen LogP) is 0.541. The number of nitrogens with two attached hydrogens (primary N) is 3. The quantitative estimate of drug-likeness (QED) is 0.108. The Kier molecular flexibility index (Phi) is 15.7. The average Bonchev–Trinajstić information content (AvgIpc) is 2.74. The minimum atomic E-state index is -1.00. The lowest BCUT2D eigenvalue weighted by Crippen LogP contribution is -2.38. The first-order chi connectivity index (χ1) is 15.6. The third kappa shape index (κ3) is 16.2. The van der Waals surface area contributed by atoms with Gasteiger partial charge in [-0.3, -0.25) is 19.4 Å². The molecule has 1 rings (SSSR count). The molecular weight excluding hydrogens is 430 g/mol. The molecule has 186 valence electrons. The van der Waals surface area contributed by atoms with Gasteiger partial charge in [0.1, 0.15) is 12.1 Å². The first-order valence-electron chi connectivity index (χ1n) is 10.9. The van der Waals surface area contributed by atoms with E-state index in [1.54, 1.807) is 0 Å². The molecule has 0 aliphatic heterocycles. The van der Waals surface area contributed by atoms with Gasteiger partial charge in [0.05, 0.1) is 6.42 Å². The molecule has 11 nitrogen and oxygen atoms in total. The summed E-state index contributed by atoms with van der Waals surface area (Å²) < 4.78 is 0. The SMILES string of the molecule is CCCc1ccc(CC[C@@H](NCCC(=O)O)C(=O)O)cc1.NC(N)=NCCC[C@H](N)C(=O)O. The summed E-state index contributed by atoms with van der Waals surface area (Å²) in [6, 6.07) is 6.68. The molecule has 0 aromatic heterocycles. The van der Waals surface area contributed by atoms with Gasteiger partial charge in [-0.1, -0.05) is 37.6 Å². The van der Waals surface area contributed by atoms with Crippen molar-refractivity contribution in [1.82, 2.24) is 5.32 Å². The van der Waals surface area contributed by atoms with E-state index in [4.69, 9.17) is 32.5 Å². The minimum Gasteiger partial charge on any atom is -0.481 e. The van der Waals surface area contributed by atoms with E-state index in [2.05, 4.69) is 29.4 Å². The number of carbonyl (C=O) groups is 3. The summed E-state index contributed by atoms with van der Waals surface area (Å²) in [7, 11) is 0. The van der Waals surface area contributed by atoms with E-state index < -0.39 is 30.0 Å². The van der Waals surface area contributed by atoms with Gasteiger partial charge in [0.15, 0.2) is 5.96 Å². The van der Waals surface area contributed by atoms with Gasteiger partial charge in [0.25, 0.3) is 0 Å². The van der Waals surface area contributed by atoms with Crippen molar-refractivity contribution in [2.24, 2.45) is 22.2 Å². The average molecular weight is 468 g/mol. The van der Waals surface area contributed by atoms with E-state index >= 15 is 0 Å². The van der Waals surface area contributed by atoms with E-state index in [-0.39, 0.29) is 18.9 Å². The number of nitrogens with zero attached hydrogens (tertiary/aromatic N) is 1. The van der Waals surface area contributed by atoms with Crippen LogP contribution in [0.15, 0.2) is 29.3 Å². The molecule has 1 aromatic carbocycles. The molecule has 0 aliphatic rings. The Morgan fingerprint density at radius 1 is 0.970 bits per heavy atom. The standard InChI is InChI=1S/C16H23NO4.C6H14N4O2/c1-2-3-12-4-6-13(7-5-12)8-9-14(16(20)21)17-11-10-15(18)19;7-4(5(11)12)2-1-3-10-6(8)9/h4-7,14,17H,2-3,8-11H2,1H3,(H,18,19)(H,20,21);4H,1-3,7H2,(H,11,12)(H4,8,9,10)/t14-;4-/m10/s1. The van der Waals surface area contributed by atoms with Crippen molar-refractivity contribution in [3.05, 3.63) is 35.4 Å². The summed E-state index contributed by atoms with van der Waals surface area (Å²) in [5.41, 5.74) is 17.7. The van der Waals surface area contributed by atoms with Crippen LogP contribution in [0.4, 0.5) is 0 Å². The first-order valence-corrected chi connectivity index (χ1v) is 10.9. The van der Waals surface area contributed by atoms with Gasteiger partial charge in [-0.05, 0) is 43.2 Å². The van der Waals surface area contributed by atoms with Crippen molar-refractivity contribution in [3.63, 3.8) is 0 Å². The molecule has 1 aromatic rings. The molecule has 0 fully saturated rings. The number of hydrogen-bond donors (Lipinski definition) is 7. The zero-order valence-electron chi connectivity index (χ0n) is 19.1. The number of hydrogen-bond acceptors (Lipinski definition) is 6.